The van der Waals surface area contributed by atoms with E-state index in [9.17, 15) is 4.79 Å². The molecule has 5 heteroatoms. The molecule has 0 aliphatic rings. The van der Waals surface area contributed by atoms with Crippen molar-refractivity contribution in [2.24, 2.45) is 5.41 Å². The molecule has 0 bridgehead atoms. The number of thiophene rings is 1. The highest BCUT2D eigenvalue weighted by Gasteiger charge is 2.28. The van der Waals surface area contributed by atoms with Gasteiger partial charge in [0.15, 0.2) is 5.78 Å². The zero-order chi connectivity index (χ0) is 20.5. The number of ketones is 1. The summed E-state index contributed by atoms with van der Waals surface area (Å²) in [6.45, 7) is 6.47. The lowest BCUT2D eigenvalue weighted by Crippen LogP contribution is -2.14. The van der Waals surface area contributed by atoms with Gasteiger partial charge in [-0.25, -0.2) is 0 Å². The number of hydrogen-bond acceptors (Lipinski definition) is 4. The van der Waals surface area contributed by atoms with Crippen molar-refractivity contribution < 1.29 is 9.53 Å². The van der Waals surface area contributed by atoms with Crippen LogP contribution in [-0.2, 0) is 6.42 Å². The van der Waals surface area contributed by atoms with E-state index in [4.69, 9.17) is 22.1 Å². The van der Waals surface area contributed by atoms with Crippen molar-refractivity contribution in [1.82, 2.24) is 0 Å². The highest BCUT2D eigenvalue weighted by molar-refractivity contribution is 7.20. The zero-order valence-electron chi connectivity index (χ0n) is 16.5. The third-order valence-corrected chi connectivity index (χ3v) is 5.77. The molecule has 3 aromatic rings. The molecule has 0 aliphatic carbocycles. The van der Waals surface area contributed by atoms with Gasteiger partial charge in [0.25, 0.3) is 0 Å². The van der Waals surface area contributed by atoms with Gasteiger partial charge in [0, 0.05) is 21.0 Å². The van der Waals surface area contributed by atoms with Crippen molar-refractivity contribution >= 4 is 33.7 Å². The van der Waals surface area contributed by atoms with Crippen molar-refractivity contribution in [2.45, 2.75) is 27.2 Å². The Morgan fingerprint density at radius 2 is 1.75 bits per heavy atom. The maximum Gasteiger partial charge on any atom is 0.196 e. The average molecular weight is 414 g/mol. The minimum atomic E-state index is -0.0779. The Balaban J connectivity index is 2.21. The molecule has 3 nitrogen and oxygen atoms in total. The number of ether oxygens (including phenoxy) is 1. The number of carbonyl (C=O) groups excluding carboxylic acids is 1. The summed E-state index contributed by atoms with van der Waals surface area (Å²) in [6, 6.07) is 14.8. The average Bonchev–Trinajstić information content (AvgIpc) is 2.95. The molecule has 0 amide bonds. The Labute approximate surface area is 175 Å². The van der Waals surface area contributed by atoms with Crippen LogP contribution in [0, 0.1) is 5.41 Å². The Hall–Kier alpha value is -2.30. The van der Waals surface area contributed by atoms with Gasteiger partial charge in [0.05, 0.1) is 17.7 Å². The predicted molar refractivity (Wildman–Crippen MR) is 119 cm³/mol. The molecule has 2 aromatic carbocycles. The molecular weight excluding hydrogens is 390 g/mol. The molecule has 146 valence electrons. The molecule has 0 radical (unpaired) electrons. The topological polar surface area (TPSA) is 52.3 Å². The molecule has 0 saturated carbocycles. The number of anilines is 1. The fourth-order valence-electron chi connectivity index (χ4n) is 3.23. The third-order valence-electron chi connectivity index (χ3n) is 4.43. The number of para-hydroxylation sites is 1. The molecule has 0 spiro atoms. The van der Waals surface area contributed by atoms with Crippen LogP contribution in [0.5, 0.6) is 5.75 Å². The maximum absolute atomic E-state index is 13.3. The summed E-state index contributed by atoms with van der Waals surface area (Å²) >= 11 is 7.42. The van der Waals surface area contributed by atoms with Gasteiger partial charge < -0.3 is 10.5 Å². The van der Waals surface area contributed by atoms with Crippen LogP contribution in [0.1, 0.15) is 42.3 Å². The lowest BCUT2D eigenvalue weighted by molar-refractivity contribution is 0.103. The summed E-state index contributed by atoms with van der Waals surface area (Å²) < 4.78 is 5.56. The van der Waals surface area contributed by atoms with Crippen molar-refractivity contribution in [3.63, 3.8) is 0 Å². The van der Waals surface area contributed by atoms with Gasteiger partial charge in [-0.15, -0.1) is 11.3 Å². The summed E-state index contributed by atoms with van der Waals surface area (Å²) in [7, 11) is 1.65. The number of halogens is 1. The Morgan fingerprint density at radius 1 is 1.11 bits per heavy atom. The van der Waals surface area contributed by atoms with Gasteiger partial charge >= 0.3 is 0 Å². The summed E-state index contributed by atoms with van der Waals surface area (Å²) in [6.07, 6.45) is 0.725. The summed E-state index contributed by atoms with van der Waals surface area (Å²) in [5.74, 6) is 0.690. The van der Waals surface area contributed by atoms with E-state index in [0.717, 1.165) is 28.2 Å². The summed E-state index contributed by atoms with van der Waals surface area (Å²) in [5, 5.41) is 1.12. The van der Waals surface area contributed by atoms with E-state index in [1.807, 2.05) is 24.3 Å². The van der Waals surface area contributed by atoms with Gasteiger partial charge in [0.1, 0.15) is 5.75 Å². The minimum Gasteiger partial charge on any atom is -0.496 e. The second-order valence-corrected chi connectivity index (χ2v) is 9.41. The number of benzene rings is 2. The van der Waals surface area contributed by atoms with Gasteiger partial charge in [-0.2, -0.15) is 0 Å². The van der Waals surface area contributed by atoms with E-state index in [0.29, 0.717) is 21.2 Å². The van der Waals surface area contributed by atoms with Crippen LogP contribution >= 0.6 is 22.9 Å². The van der Waals surface area contributed by atoms with E-state index in [1.165, 1.54) is 11.3 Å². The van der Waals surface area contributed by atoms with Crippen LogP contribution in [-0.4, -0.2) is 12.9 Å². The summed E-state index contributed by atoms with van der Waals surface area (Å²) in [5.41, 5.74) is 9.47. The fourth-order valence-corrected chi connectivity index (χ4v) is 4.47. The number of carbonyl (C=O) groups is 1. The standard InChI is InChI=1S/C23H24ClNO2S/c1-23(2,3)13-17-19(20(26)14-9-11-15(24)12-10-14)22(25)28-21(17)16-7-5-6-8-18(16)27-4/h5-12H,13,25H2,1-4H3. The Kier molecular flexibility index (Phi) is 5.82. The fraction of sp³-hybridized carbons (Fsp3) is 0.261. The molecule has 0 fully saturated rings. The predicted octanol–water partition coefficient (Wildman–Crippen LogP) is 6.48. The van der Waals surface area contributed by atoms with Gasteiger partial charge in [-0.05, 0) is 53.8 Å². The zero-order valence-corrected chi connectivity index (χ0v) is 18.1. The van der Waals surface area contributed by atoms with Crippen LogP contribution in [0.15, 0.2) is 48.5 Å². The van der Waals surface area contributed by atoms with E-state index in [1.54, 1.807) is 31.4 Å². The van der Waals surface area contributed by atoms with Crippen molar-refractivity contribution in [1.29, 1.82) is 0 Å². The van der Waals surface area contributed by atoms with Crippen LogP contribution in [0.2, 0.25) is 5.02 Å². The first-order valence-corrected chi connectivity index (χ1v) is 10.3. The number of methoxy groups -OCH3 is 1. The molecule has 28 heavy (non-hydrogen) atoms. The molecule has 1 aromatic heterocycles. The van der Waals surface area contributed by atoms with Crippen molar-refractivity contribution in [2.75, 3.05) is 12.8 Å². The Bertz CT molecular complexity index is 1000. The second kappa shape index (κ2) is 7.98. The molecule has 1 heterocycles. The molecule has 0 unspecified atom stereocenters. The van der Waals surface area contributed by atoms with Gasteiger partial charge in [-0.1, -0.05) is 44.5 Å². The van der Waals surface area contributed by atoms with Crippen LogP contribution in [0.4, 0.5) is 5.00 Å². The number of nitrogens with two attached hydrogens (primary N) is 1. The first kappa shape index (κ1) is 20.4. The molecule has 0 aliphatic heterocycles. The highest BCUT2D eigenvalue weighted by Crippen LogP contribution is 2.45. The quantitative estimate of drug-likeness (QED) is 0.487. The number of hydrogen-bond donors (Lipinski definition) is 1. The lowest BCUT2D eigenvalue weighted by Gasteiger charge is -2.20. The van der Waals surface area contributed by atoms with Gasteiger partial charge in [-0.3, -0.25) is 4.79 Å². The summed E-state index contributed by atoms with van der Waals surface area (Å²) in [4.78, 5) is 14.3. The highest BCUT2D eigenvalue weighted by atomic mass is 35.5. The lowest BCUT2D eigenvalue weighted by atomic mass is 9.84. The van der Waals surface area contributed by atoms with E-state index < -0.39 is 0 Å². The molecule has 0 atom stereocenters. The van der Waals surface area contributed by atoms with Crippen molar-refractivity contribution in [3.05, 3.63) is 70.2 Å². The van der Waals surface area contributed by atoms with E-state index in [2.05, 4.69) is 20.8 Å². The maximum atomic E-state index is 13.3. The first-order chi connectivity index (χ1) is 13.2. The smallest absolute Gasteiger partial charge is 0.196 e. The second-order valence-electron chi connectivity index (χ2n) is 7.92. The monoisotopic (exact) mass is 413 g/mol. The molecule has 0 saturated heterocycles. The van der Waals surface area contributed by atoms with Crippen molar-refractivity contribution in [3.8, 4) is 16.2 Å². The minimum absolute atomic E-state index is 0.0146. The van der Waals surface area contributed by atoms with E-state index in [-0.39, 0.29) is 11.2 Å². The van der Waals surface area contributed by atoms with E-state index >= 15 is 0 Å². The SMILES string of the molecule is COc1ccccc1-c1sc(N)c(C(=O)c2ccc(Cl)cc2)c1CC(C)(C)C. The largest absolute Gasteiger partial charge is 0.496 e. The van der Waals surface area contributed by atoms with Crippen LogP contribution in [0.25, 0.3) is 10.4 Å². The molecule has 3 rings (SSSR count). The normalized spacial score (nSPS) is 11.5. The first-order valence-electron chi connectivity index (χ1n) is 9.06. The number of rotatable bonds is 5. The molecule has 2 N–H and O–H groups in total. The molecular formula is C23H24ClNO2S. The van der Waals surface area contributed by atoms with Crippen LogP contribution < -0.4 is 10.5 Å². The third kappa shape index (κ3) is 4.23. The number of nitrogen functional groups attached to an aromatic ring is 1. The van der Waals surface area contributed by atoms with Crippen LogP contribution in [0.3, 0.4) is 0 Å². The Morgan fingerprint density at radius 3 is 2.36 bits per heavy atom. The van der Waals surface area contributed by atoms with Gasteiger partial charge in [0.2, 0.25) is 0 Å².